The molecule has 0 unspecified atom stereocenters. The predicted molar refractivity (Wildman–Crippen MR) is 44.2 cm³/mol. The van der Waals surface area contributed by atoms with Crippen LogP contribution in [0.5, 0.6) is 0 Å². The van der Waals surface area contributed by atoms with E-state index >= 15 is 0 Å². The Bertz CT molecular complexity index is 112. The van der Waals surface area contributed by atoms with Crippen LogP contribution in [-0.2, 0) is 17.1 Å². The largest absolute Gasteiger partial charge is 2.00 e. The van der Waals surface area contributed by atoms with Crippen molar-refractivity contribution in [3.05, 3.63) is 0 Å². The van der Waals surface area contributed by atoms with Crippen molar-refractivity contribution in [3.8, 4) is 0 Å². The molecule has 0 aliphatic heterocycles. The van der Waals surface area contributed by atoms with Crippen molar-refractivity contribution >= 4 is 72.5 Å². The quantitative estimate of drug-likeness (QED) is 0.359. The fourth-order valence-electron chi connectivity index (χ4n) is 0. The SMILES string of the molecule is CNC([O-])=S.NC([O-])=S.[Ca+2].[Fe]. The Kier molecular flexibility index (Phi) is 35.8. The van der Waals surface area contributed by atoms with Gasteiger partial charge in [0, 0.05) is 34.5 Å². The molecule has 11 heavy (non-hydrogen) atoms. The third-order valence-corrected chi connectivity index (χ3v) is 0.408. The predicted octanol–water partition coefficient (Wildman–Crippen LogP) is -2.94. The van der Waals surface area contributed by atoms with E-state index < -0.39 is 10.3 Å². The number of hydrogen-bond donors (Lipinski definition) is 2. The van der Waals surface area contributed by atoms with Gasteiger partial charge in [-0.2, -0.15) is 0 Å². The fraction of sp³-hybridized carbons (Fsp3) is 0.333. The minimum Gasteiger partial charge on any atom is -0.852 e. The van der Waals surface area contributed by atoms with Gasteiger partial charge in [-0.25, -0.2) is 0 Å². The molecule has 0 atom stereocenters. The first-order valence-electron chi connectivity index (χ1n) is 1.86. The van der Waals surface area contributed by atoms with Crippen molar-refractivity contribution in [1.29, 1.82) is 0 Å². The molecule has 0 saturated heterocycles. The van der Waals surface area contributed by atoms with Gasteiger partial charge in [0.05, 0.1) is 0 Å². The Morgan fingerprint density at radius 1 is 1.36 bits per heavy atom. The summed E-state index contributed by atoms with van der Waals surface area (Å²) in [5.74, 6) is 0. The fourth-order valence-corrected chi connectivity index (χ4v) is 0. The molecule has 4 nitrogen and oxygen atoms in total. The molecule has 0 aromatic heterocycles. The van der Waals surface area contributed by atoms with Crippen LogP contribution in [-0.4, -0.2) is 55.1 Å². The molecule has 0 bridgehead atoms. The Morgan fingerprint density at radius 3 is 1.45 bits per heavy atom. The summed E-state index contributed by atoms with van der Waals surface area (Å²) in [6.45, 7) is 0. The Hall–Kier alpha value is 1.16. The summed E-state index contributed by atoms with van der Waals surface area (Å²) < 4.78 is 0. The van der Waals surface area contributed by atoms with Gasteiger partial charge in [0.2, 0.25) is 0 Å². The smallest absolute Gasteiger partial charge is 0.852 e. The molecule has 0 saturated carbocycles. The standard InChI is InChI=1S/C2H5NOS.CH3NOS.Ca.Fe/c1-3-2(4)5;2-1(3)4;;/h1H3,(H2,3,4,5);(H3,2,3,4);;/q;;+2;/p-2. The summed E-state index contributed by atoms with van der Waals surface area (Å²) in [5, 5.41) is 19.6. The minimum absolute atomic E-state index is 0. The monoisotopic (exact) mass is 262 g/mol. The normalized spacial score (nSPS) is 5.18. The average Bonchev–Trinajstić information content (AvgIpc) is 1.65. The van der Waals surface area contributed by atoms with Crippen molar-refractivity contribution < 1.29 is 27.3 Å². The summed E-state index contributed by atoms with van der Waals surface area (Å²) in [7, 11) is 1.50. The van der Waals surface area contributed by atoms with Crippen LogP contribution in [0.15, 0.2) is 0 Å². The van der Waals surface area contributed by atoms with Crippen LogP contribution in [0.1, 0.15) is 0 Å². The van der Waals surface area contributed by atoms with Crippen molar-refractivity contribution in [2.75, 3.05) is 7.05 Å². The second kappa shape index (κ2) is 17.3. The second-order valence-electron chi connectivity index (χ2n) is 0.856. The topological polar surface area (TPSA) is 84.2 Å². The molecule has 0 aromatic carbocycles. The van der Waals surface area contributed by atoms with Gasteiger partial charge in [0.25, 0.3) is 0 Å². The molecule has 0 aliphatic rings. The number of thiocarbonyl (C=S) groups is 2. The van der Waals surface area contributed by atoms with Gasteiger partial charge in [-0.05, 0) is 0 Å². The molecule has 0 aromatic rings. The van der Waals surface area contributed by atoms with Gasteiger partial charge in [-0.1, -0.05) is 24.4 Å². The summed E-state index contributed by atoms with van der Waals surface area (Å²) in [4.78, 5) is 0. The molecule has 8 heteroatoms. The number of nitrogens with two attached hydrogens (primary N) is 1. The first-order chi connectivity index (χ1) is 4.00. The van der Waals surface area contributed by atoms with E-state index in [0.29, 0.717) is 0 Å². The van der Waals surface area contributed by atoms with Crippen LogP contribution in [0.2, 0.25) is 0 Å². The molecule has 0 rings (SSSR count). The number of rotatable bonds is 0. The summed E-state index contributed by atoms with van der Waals surface area (Å²) >= 11 is 7.79. The van der Waals surface area contributed by atoms with Gasteiger partial charge in [-0.15, -0.1) is 0 Å². The zero-order valence-electron chi connectivity index (χ0n) is 5.77. The Labute approximate surface area is 116 Å². The molecular weight excluding hydrogens is 256 g/mol. The van der Waals surface area contributed by atoms with Crippen LogP contribution in [0.4, 0.5) is 0 Å². The molecule has 0 heterocycles. The molecule has 0 aliphatic carbocycles. The number of nitrogens with one attached hydrogen (secondary N) is 1. The number of hydrogen-bond acceptors (Lipinski definition) is 4. The average molecular weight is 262 g/mol. The first kappa shape index (κ1) is 22.7. The van der Waals surface area contributed by atoms with Gasteiger partial charge < -0.3 is 21.3 Å². The third-order valence-electron chi connectivity index (χ3n) is 0.204. The van der Waals surface area contributed by atoms with E-state index in [-0.39, 0.29) is 54.8 Å². The molecule has 0 radical (unpaired) electrons. The van der Waals surface area contributed by atoms with Crippen molar-refractivity contribution in [2.24, 2.45) is 5.73 Å². The summed E-state index contributed by atoms with van der Waals surface area (Å²) in [6, 6.07) is 0. The van der Waals surface area contributed by atoms with Crippen LogP contribution >= 0.6 is 24.4 Å². The summed E-state index contributed by atoms with van der Waals surface area (Å²) in [6.07, 6.45) is 0. The zero-order chi connectivity index (χ0) is 7.86. The molecule has 62 valence electrons. The van der Waals surface area contributed by atoms with Crippen LogP contribution in [0, 0.1) is 0 Å². The Balaban J connectivity index is -0.0000000383. The third kappa shape index (κ3) is 93.8. The van der Waals surface area contributed by atoms with E-state index in [2.05, 4.69) is 35.5 Å². The van der Waals surface area contributed by atoms with Gasteiger partial charge in [0.15, 0.2) is 0 Å². The molecule has 0 amide bonds. The van der Waals surface area contributed by atoms with E-state index in [9.17, 15) is 5.11 Å². The van der Waals surface area contributed by atoms with Gasteiger partial charge in [-0.3, -0.25) is 0 Å². The van der Waals surface area contributed by atoms with Gasteiger partial charge >= 0.3 is 37.7 Å². The maximum Gasteiger partial charge on any atom is 2.00 e. The van der Waals surface area contributed by atoms with E-state index in [4.69, 9.17) is 5.11 Å². The van der Waals surface area contributed by atoms with E-state index in [1.165, 1.54) is 7.05 Å². The van der Waals surface area contributed by atoms with Crippen molar-refractivity contribution in [2.45, 2.75) is 0 Å². The van der Waals surface area contributed by atoms with E-state index in [1.54, 1.807) is 0 Å². The van der Waals surface area contributed by atoms with Crippen LogP contribution in [0.3, 0.4) is 0 Å². The Morgan fingerprint density at radius 2 is 1.45 bits per heavy atom. The molecule has 3 N–H and O–H groups in total. The molecule has 0 spiro atoms. The van der Waals surface area contributed by atoms with E-state index in [1.807, 2.05) is 0 Å². The zero-order valence-corrected chi connectivity index (χ0v) is 10.7. The van der Waals surface area contributed by atoms with Gasteiger partial charge in [0.1, 0.15) is 0 Å². The van der Waals surface area contributed by atoms with E-state index in [0.717, 1.165) is 0 Å². The van der Waals surface area contributed by atoms with Crippen molar-refractivity contribution in [3.63, 3.8) is 0 Å². The molecular formula is C3H6CaFeN2O2S2. The first-order valence-corrected chi connectivity index (χ1v) is 2.67. The summed E-state index contributed by atoms with van der Waals surface area (Å²) in [5.41, 5.74) is 4.29. The minimum atomic E-state index is -0.750. The maximum absolute atomic E-state index is 9.52. The van der Waals surface area contributed by atoms with Crippen LogP contribution in [0.25, 0.3) is 0 Å². The molecule has 0 fully saturated rings. The maximum atomic E-state index is 9.52. The van der Waals surface area contributed by atoms with Crippen molar-refractivity contribution in [1.82, 2.24) is 5.32 Å². The second-order valence-corrected chi connectivity index (χ2v) is 1.63. The van der Waals surface area contributed by atoms with Crippen LogP contribution < -0.4 is 21.3 Å².